The minimum atomic E-state index is 0. The Kier molecular flexibility index (Phi) is 12.3. The number of halogens is 2. The first-order chi connectivity index (χ1) is 19.1. The number of aryl methyl sites for hydroxylation is 1. The molecule has 0 radical (unpaired) electrons. The average molecular weight is 656 g/mol. The Balaban J connectivity index is 0.000000248. The van der Waals surface area contributed by atoms with Crippen LogP contribution in [0.3, 0.4) is 0 Å². The van der Waals surface area contributed by atoms with Crippen LogP contribution in [0.5, 0.6) is 0 Å². The van der Waals surface area contributed by atoms with Crippen molar-refractivity contribution < 1.29 is 49.0 Å². The summed E-state index contributed by atoms with van der Waals surface area (Å²) in [5, 5.41) is 2.63. The number of hydrogen-bond acceptors (Lipinski definition) is 0. The molecule has 0 fully saturated rings. The topological polar surface area (TPSA) is 0 Å². The molecule has 3 aliphatic rings. The van der Waals surface area contributed by atoms with Crippen LogP contribution in [0.25, 0.3) is 11.6 Å². The Morgan fingerprint density at radius 2 is 1.54 bits per heavy atom. The van der Waals surface area contributed by atoms with Crippen molar-refractivity contribution in [3.63, 3.8) is 0 Å². The molecule has 6 rings (SSSR count). The second-order valence-electron chi connectivity index (χ2n) is 10.5. The maximum atomic E-state index is 3.81. The predicted molar refractivity (Wildman–Crippen MR) is 164 cm³/mol. The molecule has 1 unspecified atom stereocenters. The predicted octanol–water partition coefficient (Wildman–Crippen LogP) is 1.83. The van der Waals surface area contributed by atoms with Crippen molar-refractivity contribution in [2.45, 2.75) is 52.9 Å². The summed E-state index contributed by atoms with van der Waals surface area (Å²) in [7, 11) is 0. The molecular formula is C38H37Cl2Zr-. The van der Waals surface area contributed by atoms with Crippen molar-refractivity contribution in [1.82, 2.24) is 0 Å². The van der Waals surface area contributed by atoms with Crippen LogP contribution < -0.4 is 35.3 Å². The van der Waals surface area contributed by atoms with Crippen LogP contribution in [-0.4, -0.2) is 3.21 Å². The average Bonchev–Trinajstić information content (AvgIpc) is 3.65. The minimum absolute atomic E-state index is 0. The van der Waals surface area contributed by atoms with Gasteiger partial charge in [0.25, 0.3) is 0 Å². The molecule has 1 atom stereocenters. The molecule has 3 aliphatic carbocycles. The summed E-state index contributed by atoms with van der Waals surface area (Å²) in [6.07, 6.45) is 21.2. The third-order valence-corrected chi connectivity index (χ3v) is 9.59. The van der Waals surface area contributed by atoms with Crippen LogP contribution in [0.15, 0.2) is 126 Å². The fourth-order valence-corrected chi connectivity index (χ4v) is 6.87. The van der Waals surface area contributed by atoms with E-state index >= 15 is 0 Å². The summed E-state index contributed by atoms with van der Waals surface area (Å²) in [6, 6.07) is 28.0. The zero-order chi connectivity index (χ0) is 27.2. The van der Waals surface area contributed by atoms with E-state index in [-0.39, 0.29) is 30.2 Å². The summed E-state index contributed by atoms with van der Waals surface area (Å²) in [6.45, 7) is 6.87. The normalized spacial score (nSPS) is 17.8. The third kappa shape index (κ3) is 7.02. The first-order valence-electron chi connectivity index (χ1n) is 14.4. The van der Waals surface area contributed by atoms with Crippen molar-refractivity contribution >= 4 is 14.9 Å². The van der Waals surface area contributed by atoms with E-state index in [1.165, 1.54) is 89.7 Å². The van der Waals surface area contributed by atoms with Crippen LogP contribution in [0, 0.1) is 5.41 Å². The zero-order valence-electron chi connectivity index (χ0n) is 24.2. The number of hydrogen-bond donors (Lipinski definition) is 0. The number of benzene rings is 3. The quantitative estimate of drug-likeness (QED) is 0.341. The Morgan fingerprint density at radius 3 is 2.07 bits per heavy atom. The van der Waals surface area contributed by atoms with Crippen LogP contribution in [-0.2, 0) is 30.7 Å². The van der Waals surface area contributed by atoms with Crippen LogP contribution in [0.2, 0.25) is 0 Å². The molecule has 3 heteroatoms. The second kappa shape index (κ2) is 15.2. The molecular weight excluding hydrogens is 619 g/mol. The molecule has 0 aliphatic heterocycles. The fraction of sp³-hybridized carbons (Fsp3) is 0.237. The molecule has 3 aromatic carbocycles. The van der Waals surface area contributed by atoms with Crippen LogP contribution >= 0.6 is 0 Å². The van der Waals surface area contributed by atoms with Gasteiger partial charge in [0.05, 0.1) is 0 Å². The molecule has 0 aromatic heterocycles. The van der Waals surface area contributed by atoms with Crippen molar-refractivity contribution in [2.24, 2.45) is 5.41 Å². The summed E-state index contributed by atoms with van der Waals surface area (Å²) >= 11 is 1.46. The zero-order valence-corrected chi connectivity index (χ0v) is 28.2. The van der Waals surface area contributed by atoms with E-state index in [2.05, 4.69) is 136 Å². The van der Waals surface area contributed by atoms with Crippen LogP contribution in [0.4, 0.5) is 0 Å². The van der Waals surface area contributed by atoms with E-state index in [1.54, 1.807) is 0 Å². The van der Waals surface area contributed by atoms with Gasteiger partial charge in [-0.15, -0.1) is 33.7 Å². The van der Waals surface area contributed by atoms with Gasteiger partial charge in [0.15, 0.2) is 0 Å². The summed E-state index contributed by atoms with van der Waals surface area (Å²) in [4.78, 5) is 0. The summed E-state index contributed by atoms with van der Waals surface area (Å²) < 4.78 is 1.42. The van der Waals surface area contributed by atoms with E-state index in [0.717, 1.165) is 19.3 Å². The Bertz CT molecular complexity index is 1570. The SMILES string of the molecule is CCCC1(CC)C=CC2=c3ccc(CC)cc3=[C-]C2=C1C1=CC=CC1.[Cl-].[Cl-].[Zr+2]=[C](c1ccccc1)c1ccccc1. The number of fused-ring (bicyclic) bond motifs is 2. The molecule has 0 amide bonds. The Labute approximate surface area is 273 Å². The van der Waals surface area contributed by atoms with E-state index in [4.69, 9.17) is 0 Å². The second-order valence-corrected chi connectivity index (χ2v) is 11.8. The van der Waals surface area contributed by atoms with Gasteiger partial charge in [-0.05, 0) is 31.1 Å². The first kappa shape index (κ1) is 33.2. The van der Waals surface area contributed by atoms with Gasteiger partial charge in [0, 0.05) is 0 Å². The van der Waals surface area contributed by atoms with Crippen molar-refractivity contribution in [2.75, 3.05) is 0 Å². The van der Waals surface area contributed by atoms with Gasteiger partial charge in [-0.2, -0.15) is 0 Å². The summed E-state index contributed by atoms with van der Waals surface area (Å²) in [5.41, 5.74) is 9.98. The van der Waals surface area contributed by atoms with Gasteiger partial charge >= 0.3 is 99.2 Å². The molecule has 3 aromatic rings. The van der Waals surface area contributed by atoms with Gasteiger partial charge in [0.1, 0.15) is 0 Å². The summed E-state index contributed by atoms with van der Waals surface area (Å²) in [5.74, 6) is 0. The van der Waals surface area contributed by atoms with E-state index < -0.39 is 0 Å². The van der Waals surface area contributed by atoms with Crippen molar-refractivity contribution in [1.29, 1.82) is 0 Å². The van der Waals surface area contributed by atoms with Crippen molar-refractivity contribution in [3.8, 4) is 0 Å². The van der Waals surface area contributed by atoms with Gasteiger partial charge in [-0.3, -0.25) is 0 Å². The van der Waals surface area contributed by atoms with Gasteiger partial charge in [-0.1, -0.05) is 86.4 Å². The maximum absolute atomic E-state index is 3.81. The molecule has 0 heterocycles. The fourth-order valence-electron chi connectivity index (χ4n) is 6.05. The van der Waals surface area contributed by atoms with Gasteiger partial charge in [0.2, 0.25) is 0 Å². The molecule has 0 saturated heterocycles. The number of rotatable bonds is 7. The standard InChI is InChI=1S/C25H27.C13H10.2ClH.Zr/c1-4-14-25(6-3)15-13-22-21-12-11-18(5-2)16-20(21)17-23(22)24(25)19-9-7-8-10-19;1-3-7-12(8-4-1)11-13-9-5-2-6-10-13;;;/h7-9,11-13,15-16H,4-6,10,14H2,1-3H3;1-10H;2*1H;/q-1;;;;+2/p-2. The van der Waals surface area contributed by atoms with E-state index in [0.29, 0.717) is 0 Å². The van der Waals surface area contributed by atoms with Gasteiger partial charge in [-0.25, -0.2) is 0 Å². The molecule has 0 N–H and O–H groups in total. The van der Waals surface area contributed by atoms with E-state index in [9.17, 15) is 0 Å². The number of allylic oxidation sites excluding steroid dienone is 8. The van der Waals surface area contributed by atoms with Crippen molar-refractivity contribution in [3.05, 3.63) is 153 Å². The molecule has 0 bridgehead atoms. The monoisotopic (exact) mass is 653 g/mol. The molecule has 0 spiro atoms. The third-order valence-electron chi connectivity index (χ3n) is 8.17. The molecule has 0 nitrogen and oxygen atoms in total. The Hall–Kier alpha value is -2.31. The first-order valence-corrected chi connectivity index (χ1v) is 15.6. The van der Waals surface area contributed by atoms with E-state index in [1.807, 2.05) is 0 Å². The van der Waals surface area contributed by atoms with Crippen LogP contribution in [0.1, 0.15) is 63.1 Å². The molecule has 208 valence electrons. The van der Waals surface area contributed by atoms with Gasteiger partial charge < -0.3 is 24.8 Å². The molecule has 0 saturated carbocycles. The Morgan fingerprint density at radius 1 is 0.878 bits per heavy atom. The molecule has 41 heavy (non-hydrogen) atoms.